The lowest BCUT2D eigenvalue weighted by atomic mass is 9.96. The Morgan fingerprint density at radius 1 is 1.28 bits per heavy atom. The van der Waals surface area contributed by atoms with Crippen molar-refractivity contribution in [3.8, 4) is 5.75 Å². The van der Waals surface area contributed by atoms with Gasteiger partial charge in [-0.25, -0.2) is 4.99 Å². The fourth-order valence-electron chi connectivity index (χ4n) is 2.95. The van der Waals surface area contributed by atoms with Gasteiger partial charge in [-0.1, -0.05) is 25.3 Å². The number of aliphatic imine (C=N–C) groups is 1. The summed E-state index contributed by atoms with van der Waals surface area (Å²) < 4.78 is 5.73. The number of benzene rings is 1. The van der Waals surface area contributed by atoms with Gasteiger partial charge in [0.05, 0.1) is 6.54 Å². The number of nitrogens with one attached hydrogen (secondary N) is 3. The molecule has 0 spiro atoms. The summed E-state index contributed by atoms with van der Waals surface area (Å²) >= 11 is 0. The number of amides is 1. The first-order chi connectivity index (χ1) is 12.2. The molecule has 0 aromatic heterocycles. The van der Waals surface area contributed by atoms with E-state index in [2.05, 4.69) is 27.9 Å². The summed E-state index contributed by atoms with van der Waals surface area (Å²) in [6, 6.07) is 7.92. The number of ether oxygens (including phenoxy) is 1. The van der Waals surface area contributed by atoms with E-state index in [-0.39, 0.29) is 5.91 Å². The third kappa shape index (κ3) is 7.45. The van der Waals surface area contributed by atoms with Crippen molar-refractivity contribution in [3.05, 3.63) is 24.3 Å². The second kappa shape index (κ2) is 10.6. The molecule has 1 fully saturated rings. The fourth-order valence-corrected chi connectivity index (χ4v) is 2.95. The van der Waals surface area contributed by atoms with E-state index in [0.29, 0.717) is 19.2 Å². The Bertz CT molecular complexity index is 568. The molecule has 0 saturated heterocycles. The molecule has 0 unspecified atom stereocenters. The zero-order valence-corrected chi connectivity index (χ0v) is 15.3. The van der Waals surface area contributed by atoms with Gasteiger partial charge in [0.1, 0.15) is 12.4 Å². The fraction of sp³-hybridized carbons (Fsp3) is 0.579. The van der Waals surface area contributed by atoms with Crippen LogP contribution in [-0.4, -0.2) is 37.6 Å². The molecule has 0 heterocycles. The van der Waals surface area contributed by atoms with Crippen LogP contribution >= 0.6 is 0 Å². The van der Waals surface area contributed by atoms with Crippen LogP contribution in [0.3, 0.4) is 0 Å². The molecular weight excluding hydrogens is 316 g/mol. The van der Waals surface area contributed by atoms with Crippen LogP contribution in [0.4, 0.5) is 5.69 Å². The molecule has 138 valence electrons. The van der Waals surface area contributed by atoms with E-state index in [1.165, 1.54) is 39.0 Å². The van der Waals surface area contributed by atoms with Crippen molar-refractivity contribution in [2.24, 2.45) is 4.99 Å². The molecular formula is C19H30N4O2. The van der Waals surface area contributed by atoms with Crippen molar-refractivity contribution < 1.29 is 9.53 Å². The van der Waals surface area contributed by atoms with Gasteiger partial charge >= 0.3 is 0 Å². The van der Waals surface area contributed by atoms with Gasteiger partial charge in [0, 0.05) is 31.3 Å². The van der Waals surface area contributed by atoms with Gasteiger partial charge in [-0.15, -0.1) is 0 Å². The Hall–Kier alpha value is -2.24. The quantitative estimate of drug-likeness (QED) is 0.403. The topological polar surface area (TPSA) is 74.8 Å². The van der Waals surface area contributed by atoms with Crippen molar-refractivity contribution in [3.63, 3.8) is 0 Å². The SMILES string of the molecule is CCNC(=NCCOc1cccc(NC(C)=O)c1)NC1CCCCC1. The van der Waals surface area contributed by atoms with Crippen LogP contribution in [0.15, 0.2) is 29.3 Å². The molecule has 1 aromatic rings. The molecule has 0 atom stereocenters. The summed E-state index contributed by atoms with van der Waals surface area (Å²) in [6.45, 7) is 5.47. The van der Waals surface area contributed by atoms with E-state index in [1.54, 1.807) is 0 Å². The van der Waals surface area contributed by atoms with E-state index in [4.69, 9.17) is 4.74 Å². The molecule has 6 nitrogen and oxygen atoms in total. The molecule has 3 N–H and O–H groups in total. The first-order valence-corrected chi connectivity index (χ1v) is 9.22. The Morgan fingerprint density at radius 2 is 2.08 bits per heavy atom. The zero-order chi connectivity index (χ0) is 17.9. The lowest BCUT2D eigenvalue weighted by molar-refractivity contribution is -0.114. The Kier molecular flexibility index (Phi) is 8.09. The minimum atomic E-state index is -0.0918. The minimum absolute atomic E-state index is 0.0918. The van der Waals surface area contributed by atoms with Crippen LogP contribution in [0, 0.1) is 0 Å². The molecule has 0 aliphatic heterocycles. The largest absolute Gasteiger partial charge is 0.492 e. The van der Waals surface area contributed by atoms with Crippen LogP contribution < -0.4 is 20.7 Å². The summed E-state index contributed by atoms with van der Waals surface area (Å²) in [5, 5.41) is 9.57. The summed E-state index contributed by atoms with van der Waals surface area (Å²) in [6.07, 6.45) is 6.38. The summed E-state index contributed by atoms with van der Waals surface area (Å²) in [5.74, 6) is 1.50. The highest BCUT2D eigenvalue weighted by molar-refractivity contribution is 5.88. The molecule has 1 amide bonds. The standard InChI is InChI=1S/C19H30N4O2/c1-3-20-19(23-16-8-5-4-6-9-16)21-12-13-25-18-11-7-10-17(14-18)22-15(2)24/h7,10-11,14,16H,3-6,8-9,12-13H2,1-2H3,(H,22,24)(H2,20,21,23). The number of carbonyl (C=O) groups is 1. The predicted octanol–water partition coefficient (Wildman–Crippen LogP) is 2.91. The molecule has 25 heavy (non-hydrogen) atoms. The number of hydrogen-bond donors (Lipinski definition) is 3. The van der Waals surface area contributed by atoms with Crippen molar-refractivity contribution in [2.75, 3.05) is 25.0 Å². The highest BCUT2D eigenvalue weighted by atomic mass is 16.5. The van der Waals surface area contributed by atoms with E-state index < -0.39 is 0 Å². The van der Waals surface area contributed by atoms with E-state index in [0.717, 1.165) is 23.9 Å². The van der Waals surface area contributed by atoms with Gasteiger partial charge in [0.2, 0.25) is 5.91 Å². The Morgan fingerprint density at radius 3 is 2.80 bits per heavy atom. The highest BCUT2D eigenvalue weighted by Crippen LogP contribution is 2.18. The lowest BCUT2D eigenvalue weighted by Crippen LogP contribution is -2.44. The van der Waals surface area contributed by atoms with Crippen molar-refractivity contribution in [1.82, 2.24) is 10.6 Å². The van der Waals surface area contributed by atoms with Crippen LogP contribution in [0.25, 0.3) is 0 Å². The summed E-state index contributed by atoms with van der Waals surface area (Å²) in [4.78, 5) is 15.7. The van der Waals surface area contributed by atoms with E-state index in [1.807, 2.05) is 24.3 Å². The van der Waals surface area contributed by atoms with Crippen LogP contribution in [-0.2, 0) is 4.79 Å². The third-order valence-corrected chi connectivity index (χ3v) is 4.07. The van der Waals surface area contributed by atoms with Crippen LogP contribution in [0.2, 0.25) is 0 Å². The molecule has 2 rings (SSSR count). The average molecular weight is 346 g/mol. The zero-order valence-electron chi connectivity index (χ0n) is 15.3. The number of hydrogen-bond acceptors (Lipinski definition) is 3. The van der Waals surface area contributed by atoms with Gasteiger partial charge in [0.25, 0.3) is 0 Å². The second-order valence-electron chi connectivity index (χ2n) is 6.30. The monoisotopic (exact) mass is 346 g/mol. The number of guanidine groups is 1. The number of nitrogens with zero attached hydrogens (tertiary/aromatic N) is 1. The minimum Gasteiger partial charge on any atom is -0.492 e. The molecule has 1 aliphatic rings. The smallest absolute Gasteiger partial charge is 0.221 e. The third-order valence-electron chi connectivity index (χ3n) is 4.07. The lowest BCUT2D eigenvalue weighted by Gasteiger charge is -2.24. The molecule has 1 aliphatic carbocycles. The van der Waals surface area contributed by atoms with Crippen LogP contribution in [0.5, 0.6) is 5.75 Å². The average Bonchev–Trinajstić information content (AvgIpc) is 2.59. The van der Waals surface area contributed by atoms with Gasteiger partial charge < -0.3 is 20.7 Å². The molecule has 0 bridgehead atoms. The van der Waals surface area contributed by atoms with Gasteiger partial charge in [-0.2, -0.15) is 0 Å². The maximum absolute atomic E-state index is 11.1. The normalized spacial score (nSPS) is 15.5. The van der Waals surface area contributed by atoms with Crippen molar-refractivity contribution in [2.45, 2.75) is 52.0 Å². The highest BCUT2D eigenvalue weighted by Gasteiger charge is 2.14. The number of rotatable bonds is 7. The van der Waals surface area contributed by atoms with Gasteiger partial charge in [-0.3, -0.25) is 4.79 Å². The van der Waals surface area contributed by atoms with Crippen molar-refractivity contribution in [1.29, 1.82) is 0 Å². The van der Waals surface area contributed by atoms with Crippen LogP contribution in [0.1, 0.15) is 46.0 Å². The maximum Gasteiger partial charge on any atom is 0.221 e. The molecule has 1 aromatic carbocycles. The number of anilines is 1. The number of carbonyl (C=O) groups excluding carboxylic acids is 1. The van der Waals surface area contributed by atoms with E-state index in [9.17, 15) is 4.79 Å². The first kappa shape index (κ1) is 19.1. The van der Waals surface area contributed by atoms with Gasteiger partial charge in [-0.05, 0) is 31.9 Å². The summed E-state index contributed by atoms with van der Waals surface area (Å²) in [5.41, 5.74) is 0.737. The Labute approximate surface area is 150 Å². The van der Waals surface area contributed by atoms with E-state index >= 15 is 0 Å². The Balaban J connectivity index is 1.79. The maximum atomic E-state index is 11.1. The molecule has 6 heteroatoms. The predicted molar refractivity (Wildman–Crippen MR) is 102 cm³/mol. The summed E-state index contributed by atoms with van der Waals surface area (Å²) in [7, 11) is 0. The van der Waals surface area contributed by atoms with Crippen molar-refractivity contribution >= 4 is 17.6 Å². The van der Waals surface area contributed by atoms with Gasteiger partial charge in [0.15, 0.2) is 5.96 Å². The molecule has 0 radical (unpaired) electrons. The molecule has 1 saturated carbocycles. The first-order valence-electron chi connectivity index (χ1n) is 9.22. The second-order valence-corrected chi connectivity index (χ2v) is 6.30.